The largest absolute Gasteiger partial charge is 0.493 e. The molecule has 7 nitrogen and oxygen atoms in total. The zero-order valence-corrected chi connectivity index (χ0v) is 22.8. The number of hydrogen-bond acceptors (Lipinski definition) is 5. The van der Waals surface area contributed by atoms with Crippen molar-refractivity contribution in [2.45, 2.75) is 64.0 Å². The van der Waals surface area contributed by atoms with Gasteiger partial charge in [-0.2, -0.15) is 0 Å². The first-order chi connectivity index (χ1) is 17.9. The number of carbonyl (C=O) groups is 2. The highest BCUT2D eigenvalue weighted by atomic mass is 16.5. The average Bonchev–Trinajstić information content (AvgIpc) is 2.94. The number of benzene rings is 2. The van der Waals surface area contributed by atoms with Gasteiger partial charge in [0.05, 0.1) is 21.3 Å². The molecule has 1 saturated carbocycles. The van der Waals surface area contributed by atoms with Crippen molar-refractivity contribution in [3.8, 4) is 28.4 Å². The second kappa shape index (κ2) is 11.9. The van der Waals surface area contributed by atoms with Gasteiger partial charge in [0.15, 0.2) is 11.5 Å². The Morgan fingerprint density at radius 2 is 1.46 bits per heavy atom. The van der Waals surface area contributed by atoms with Crippen molar-refractivity contribution in [3.63, 3.8) is 0 Å². The third kappa shape index (κ3) is 5.71. The molecule has 2 fully saturated rings. The van der Waals surface area contributed by atoms with E-state index in [9.17, 15) is 9.59 Å². The van der Waals surface area contributed by atoms with Gasteiger partial charge in [-0.15, -0.1) is 0 Å². The summed E-state index contributed by atoms with van der Waals surface area (Å²) in [5.74, 6) is 2.48. The topological polar surface area (TPSA) is 68.3 Å². The third-order valence-electron chi connectivity index (χ3n) is 8.09. The van der Waals surface area contributed by atoms with Gasteiger partial charge >= 0.3 is 0 Å². The van der Waals surface area contributed by atoms with Crippen LogP contribution in [0.15, 0.2) is 36.4 Å². The highest BCUT2D eigenvalue weighted by Crippen LogP contribution is 2.41. The SMILES string of the molecule is COc1cc(-c2ccc(C[C@H]3C(=O)N(CCC4CCCCC4)[C@@H](C)C(=O)N3C)cc2)cc(OC)c1OC. The Balaban J connectivity index is 1.49. The number of amides is 2. The molecule has 0 bridgehead atoms. The molecule has 200 valence electrons. The molecular weight excluding hydrogens is 468 g/mol. The molecule has 2 atom stereocenters. The Labute approximate surface area is 220 Å². The zero-order chi connectivity index (χ0) is 26.5. The predicted octanol–water partition coefficient (Wildman–Crippen LogP) is 4.95. The maximum absolute atomic E-state index is 13.6. The van der Waals surface area contributed by atoms with Gasteiger partial charge in [-0.05, 0) is 48.1 Å². The summed E-state index contributed by atoms with van der Waals surface area (Å²) in [6.07, 6.45) is 7.85. The predicted molar refractivity (Wildman–Crippen MR) is 144 cm³/mol. The van der Waals surface area contributed by atoms with Crippen LogP contribution in [0.3, 0.4) is 0 Å². The number of nitrogens with zero attached hydrogens (tertiary/aromatic N) is 2. The summed E-state index contributed by atoms with van der Waals surface area (Å²) in [5, 5.41) is 0. The molecule has 1 aliphatic heterocycles. The molecule has 2 amide bonds. The molecule has 0 unspecified atom stereocenters. The fourth-order valence-electron chi connectivity index (χ4n) is 5.76. The molecule has 7 heteroatoms. The van der Waals surface area contributed by atoms with Crippen LogP contribution in [0.1, 0.15) is 51.0 Å². The lowest BCUT2D eigenvalue weighted by atomic mass is 9.86. The van der Waals surface area contributed by atoms with Crippen LogP contribution < -0.4 is 14.2 Å². The minimum Gasteiger partial charge on any atom is -0.493 e. The van der Waals surface area contributed by atoms with Gasteiger partial charge in [0.25, 0.3) is 0 Å². The summed E-state index contributed by atoms with van der Waals surface area (Å²) in [4.78, 5) is 30.1. The lowest BCUT2D eigenvalue weighted by Crippen LogP contribution is -2.63. The van der Waals surface area contributed by atoms with Crippen molar-refractivity contribution in [3.05, 3.63) is 42.0 Å². The molecular formula is C30H40N2O5. The molecule has 0 aromatic heterocycles. The van der Waals surface area contributed by atoms with E-state index in [4.69, 9.17) is 14.2 Å². The summed E-state index contributed by atoms with van der Waals surface area (Å²) >= 11 is 0. The molecule has 2 aliphatic rings. The molecule has 37 heavy (non-hydrogen) atoms. The van der Waals surface area contributed by atoms with E-state index in [1.807, 2.05) is 48.2 Å². The first-order valence-corrected chi connectivity index (χ1v) is 13.3. The number of carbonyl (C=O) groups excluding carboxylic acids is 2. The average molecular weight is 509 g/mol. The van der Waals surface area contributed by atoms with Crippen LogP contribution >= 0.6 is 0 Å². The van der Waals surface area contributed by atoms with Crippen molar-refractivity contribution < 1.29 is 23.8 Å². The van der Waals surface area contributed by atoms with E-state index in [1.165, 1.54) is 32.1 Å². The van der Waals surface area contributed by atoms with E-state index >= 15 is 0 Å². The van der Waals surface area contributed by atoms with E-state index in [2.05, 4.69) is 0 Å². The van der Waals surface area contributed by atoms with Gasteiger partial charge < -0.3 is 24.0 Å². The molecule has 1 heterocycles. The van der Waals surface area contributed by atoms with Gasteiger partial charge in [-0.25, -0.2) is 0 Å². The Bertz CT molecular complexity index is 1070. The number of methoxy groups -OCH3 is 3. The fourth-order valence-corrected chi connectivity index (χ4v) is 5.76. The second-order valence-electron chi connectivity index (χ2n) is 10.3. The monoisotopic (exact) mass is 508 g/mol. The van der Waals surface area contributed by atoms with Crippen LogP contribution in [0.5, 0.6) is 17.2 Å². The van der Waals surface area contributed by atoms with Gasteiger partial charge in [0, 0.05) is 20.0 Å². The van der Waals surface area contributed by atoms with Gasteiger partial charge in [0.2, 0.25) is 17.6 Å². The Morgan fingerprint density at radius 3 is 2.03 bits per heavy atom. The minimum absolute atomic E-state index is 0.0160. The number of ether oxygens (including phenoxy) is 3. The number of hydrogen-bond donors (Lipinski definition) is 0. The van der Waals surface area contributed by atoms with E-state index in [-0.39, 0.29) is 11.8 Å². The summed E-state index contributed by atoms with van der Waals surface area (Å²) < 4.78 is 16.4. The van der Waals surface area contributed by atoms with E-state index in [0.717, 1.165) is 23.1 Å². The second-order valence-corrected chi connectivity index (χ2v) is 10.3. The zero-order valence-electron chi connectivity index (χ0n) is 22.8. The maximum Gasteiger partial charge on any atom is 0.246 e. The molecule has 1 saturated heterocycles. The van der Waals surface area contributed by atoms with Crippen molar-refractivity contribution in [1.82, 2.24) is 9.80 Å². The number of likely N-dealkylation sites (N-methyl/N-ethyl adjacent to an activating group) is 1. The normalized spacial score (nSPS) is 20.8. The summed E-state index contributed by atoms with van der Waals surface area (Å²) in [6.45, 7) is 2.53. The standard InChI is InChI=1S/C30H40N2O5/c1-20-29(33)31(2)25(30(34)32(20)16-15-21-9-7-6-8-10-21)17-22-11-13-23(14-12-22)24-18-26(35-3)28(37-5)27(19-24)36-4/h11-14,18-21,25H,6-10,15-17H2,1-5H3/t20-,25-/m0/s1. The van der Waals surface area contributed by atoms with Crippen molar-refractivity contribution in [2.75, 3.05) is 34.9 Å². The first-order valence-electron chi connectivity index (χ1n) is 13.3. The maximum atomic E-state index is 13.6. The van der Waals surface area contributed by atoms with Crippen LogP contribution in [0, 0.1) is 5.92 Å². The summed E-state index contributed by atoms with van der Waals surface area (Å²) in [5.41, 5.74) is 2.94. The highest BCUT2D eigenvalue weighted by Gasteiger charge is 2.42. The van der Waals surface area contributed by atoms with Gasteiger partial charge in [-0.1, -0.05) is 56.4 Å². The smallest absolute Gasteiger partial charge is 0.246 e. The van der Waals surface area contributed by atoms with Crippen LogP contribution in [0.2, 0.25) is 0 Å². The van der Waals surface area contributed by atoms with Crippen LogP contribution in [-0.2, 0) is 16.0 Å². The van der Waals surface area contributed by atoms with Crippen molar-refractivity contribution in [1.29, 1.82) is 0 Å². The van der Waals surface area contributed by atoms with E-state index < -0.39 is 12.1 Å². The number of rotatable bonds is 9. The quantitative estimate of drug-likeness (QED) is 0.479. The molecule has 2 aromatic carbocycles. The minimum atomic E-state index is -0.484. The van der Waals surface area contributed by atoms with Crippen LogP contribution in [0.4, 0.5) is 0 Å². The lowest BCUT2D eigenvalue weighted by molar-refractivity contribution is -0.159. The Morgan fingerprint density at radius 1 is 0.838 bits per heavy atom. The lowest BCUT2D eigenvalue weighted by Gasteiger charge is -2.43. The van der Waals surface area contributed by atoms with Gasteiger partial charge in [-0.3, -0.25) is 9.59 Å². The molecule has 2 aromatic rings. The summed E-state index contributed by atoms with van der Waals surface area (Å²) in [6, 6.07) is 11.0. The van der Waals surface area contributed by atoms with Gasteiger partial charge in [0.1, 0.15) is 12.1 Å². The third-order valence-corrected chi connectivity index (χ3v) is 8.09. The molecule has 0 radical (unpaired) electrons. The molecule has 4 rings (SSSR count). The van der Waals surface area contributed by atoms with E-state index in [1.54, 1.807) is 33.3 Å². The first kappa shape index (κ1) is 26.8. The van der Waals surface area contributed by atoms with E-state index in [0.29, 0.717) is 36.1 Å². The van der Waals surface area contributed by atoms with Crippen molar-refractivity contribution >= 4 is 11.8 Å². The number of piperazine rings is 1. The summed E-state index contributed by atoms with van der Waals surface area (Å²) in [7, 11) is 6.54. The van der Waals surface area contributed by atoms with Crippen LogP contribution in [-0.4, -0.2) is 68.6 Å². The molecule has 1 aliphatic carbocycles. The molecule has 0 N–H and O–H groups in total. The highest BCUT2D eigenvalue weighted by molar-refractivity contribution is 5.96. The Hall–Kier alpha value is -3.22. The van der Waals surface area contributed by atoms with Crippen LogP contribution in [0.25, 0.3) is 11.1 Å². The van der Waals surface area contributed by atoms with Crippen molar-refractivity contribution in [2.24, 2.45) is 5.92 Å². The fraction of sp³-hybridized carbons (Fsp3) is 0.533. The Kier molecular flexibility index (Phi) is 8.62. The molecule has 0 spiro atoms.